The second-order valence-electron chi connectivity index (χ2n) is 2.27. The maximum atomic E-state index is 13.0. The van der Waals surface area contributed by atoms with Crippen LogP contribution >= 0.6 is 0 Å². The average molecular weight is 181 g/mol. The van der Waals surface area contributed by atoms with E-state index >= 15 is 0 Å². The highest BCUT2D eigenvalue weighted by Crippen LogP contribution is 2.13. The molecule has 0 aromatic carbocycles. The van der Waals surface area contributed by atoms with Gasteiger partial charge in [0.15, 0.2) is 11.6 Å². The molecule has 0 aliphatic rings. The minimum absolute atomic E-state index is 0.0816. The highest BCUT2D eigenvalue weighted by atomic mass is 19.1. The summed E-state index contributed by atoms with van der Waals surface area (Å²) in [4.78, 5) is 14.7. The molecule has 0 unspecified atom stereocenters. The Morgan fingerprint density at radius 3 is 3.00 bits per heavy atom. The lowest BCUT2D eigenvalue weighted by Crippen LogP contribution is -2.00. The second-order valence-corrected chi connectivity index (χ2v) is 2.27. The summed E-state index contributed by atoms with van der Waals surface area (Å²) >= 11 is 0. The van der Waals surface area contributed by atoms with E-state index in [2.05, 4.69) is 11.6 Å². The second kappa shape index (κ2) is 3.80. The monoisotopic (exact) mass is 181 g/mol. The van der Waals surface area contributed by atoms with Crippen molar-refractivity contribution in [3.05, 3.63) is 36.3 Å². The average Bonchev–Trinajstić information content (AvgIpc) is 2.17. The summed E-state index contributed by atoms with van der Waals surface area (Å²) < 4.78 is 17.7. The van der Waals surface area contributed by atoms with Gasteiger partial charge in [-0.25, -0.2) is 9.37 Å². The first-order valence-electron chi connectivity index (χ1n) is 3.55. The SMILES string of the molecule is C=CC(=O)c1cc(OC)ncc1F. The number of carbonyl (C=O) groups excluding carboxylic acids is 1. The number of allylic oxidation sites excluding steroid dienone is 1. The van der Waals surface area contributed by atoms with Crippen molar-refractivity contribution in [2.45, 2.75) is 0 Å². The minimum atomic E-state index is -0.675. The quantitative estimate of drug-likeness (QED) is 0.525. The number of hydrogen-bond acceptors (Lipinski definition) is 3. The van der Waals surface area contributed by atoms with E-state index in [1.165, 1.54) is 13.2 Å². The number of aromatic nitrogens is 1. The molecular weight excluding hydrogens is 173 g/mol. The van der Waals surface area contributed by atoms with Gasteiger partial charge in [-0.15, -0.1) is 0 Å². The van der Waals surface area contributed by atoms with Gasteiger partial charge in [0.1, 0.15) is 0 Å². The molecule has 0 spiro atoms. The lowest BCUT2D eigenvalue weighted by Gasteiger charge is -2.01. The fourth-order valence-corrected chi connectivity index (χ4v) is 0.830. The topological polar surface area (TPSA) is 39.2 Å². The zero-order chi connectivity index (χ0) is 9.84. The van der Waals surface area contributed by atoms with Crippen LogP contribution in [0.1, 0.15) is 10.4 Å². The molecule has 1 aromatic rings. The van der Waals surface area contributed by atoms with Crippen molar-refractivity contribution in [2.24, 2.45) is 0 Å². The van der Waals surface area contributed by atoms with E-state index in [9.17, 15) is 9.18 Å². The molecule has 0 bridgehead atoms. The summed E-state index contributed by atoms with van der Waals surface area (Å²) in [6, 6.07) is 1.24. The third-order valence-electron chi connectivity index (χ3n) is 1.49. The van der Waals surface area contributed by atoms with Crippen LogP contribution in [0.2, 0.25) is 0 Å². The molecule has 0 saturated heterocycles. The van der Waals surface area contributed by atoms with Gasteiger partial charge in [-0.3, -0.25) is 4.79 Å². The molecule has 3 nitrogen and oxygen atoms in total. The molecule has 0 amide bonds. The third kappa shape index (κ3) is 1.90. The number of rotatable bonds is 3. The van der Waals surface area contributed by atoms with Crippen LogP contribution < -0.4 is 4.74 Å². The van der Waals surface area contributed by atoms with Crippen LogP contribution in [0.15, 0.2) is 24.9 Å². The van der Waals surface area contributed by atoms with Crippen LogP contribution in [0.25, 0.3) is 0 Å². The van der Waals surface area contributed by atoms with Crippen LogP contribution in [0, 0.1) is 5.82 Å². The largest absolute Gasteiger partial charge is 0.481 e. The number of ether oxygens (including phenoxy) is 1. The van der Waals surface area contributed by atoms with Crippen molar-refractivity contribution in [1.29, 1.82) is 0 Å². The van der Waals surface area contributed by atoms with E-state index in [1.807, 2.05) is 0 Å². The lowest BCUT2D eigenvalue weighted by atomic mass is 10.1. The molecule has 0 aliphatic heterocycles. The van der Waals surface area contributed by atoms with Gasteiger partial charge < -0.3 is 4.74 Å². The van der Waals surface area contributed by atoms with Crippen molar-refractivity contribution in [3.8, 4) is 5.88 Å². The van der Waals surface area contributed by atoms with Crippen LogP contribution in [-0.4, -0.2) is 17.9 Å². The van der Waals surface area contributed by atoms with Crippen LogP contribution in [0.4, 0.5) is 4.39 Å². The molecular formula is C9H8FNO2. The smallest absolute Gasteiger partial charge is 0.213 e. The predicted octanol–water partition coefficient (Wildman–Crippen LogP) is 1.60. The van der Waals surface area contributed by atoms with Crippen LogP contribution in [-0.2, 0) is 0 Å². The molecule has 68 valence electrons. The molecule has 0 atom stereocenters. The Bertz CT molecular complexity index is 349. The molecule has 0 fully saturated rings. The summed E-state index contributed by atoms with van der Waals surface area (Å²) in [7, 11) is 1.39. The Labute approximate surface area is 74.9 Å². The van der Waals surface area contributed by atoms with Crippen molar-refractivity contribution in [3.63, 3.8) is 0 Å². The van der Waals surface area contributed by atoms with Gasteiger partial charge in [0.2, 0.25) is 5.88 Å². The van der Waals surface area contributed by atoms with E-state index < -0.39 is 11.6 Å². The highest BCUT2D eigenvalue weighted by Gasteiger charge is 2.10. The summed E-state index contributed by atoms with van der Waals surface area (Å²) in [6.07, 6.45) is 1.98. The van der Waals surface area contributed by atoms with Crippen molar-refractivity contribution >= 4 is 5.78 Å². The zero-order valence-corrected chi connectivity index (χ0v) is 7.08. The van der Waals surface area contributed by atoms with Gasteiger partial charge >= 0.3 is 0 Å². The Kier molecular flexibility index (Phi) is 2.74. The lowest BCUT2D eigenvalue weighted by molar-refractivity contribution is 0.104. The maximum Gasteiger partial charge on any atom is 0.213 e. The summed E-state index contributed by atoms with van der Waals surface area (Å²) in [5, 5.41) is 0. The van der Waals surface area contributed by atoms with Gasteiger partial charge in [-0.1, -0.05) is 6.58 Å². The number of nitrogens with zero attached hydrogens (tertiary/aromatic N) is 1. The van der Waals surface area contributed by atoms with Crippen LogP contribution in [0.3, 0.4) is 0 Å². The fraction of sp³-hybridized carbons (Fsp3) is 0.111. The standard InChI is InChI=1S/C9H8FNO2/c1-3-8(12)6-4-9(13-2)11-5-7(6)10/h3-5H,1H2,2H3. The number of methoxy groups -OCH3 is 1. The van der Waals surface area contributed by atoms with Gasteiger partial charge in [0, 0.05) is 6.07 Å². The normalized spacial score (nSPS) is 9.38. The first kappa shape index (κ1) is 9.38. The third-order valence-corrected chi connectivity index (χ3v) is 1.49. The number of ketones is 1. The van der Waals surface area contributed by atoms with Gasteiger partial charge in [0.05, 0.1) is 18.9 Å². The summed E-state index contributed by atoms with van der Waals surface area (Å²) in [5.41, 5.74) is -0.0816. The first-order chi connectivity index (χ1) is 6.19. The molecule has 0 saturated carbocycles. The van der Waals surface area contributed by atoms with Crippen molar-refractivity contribution < 1.29 is 13.9 Å². The molecule has 0 N–H and O–H groups in total. The fourth-order valence-electron chi connectivity index (χ4n) is 0.830. The number of hydrogen-bond donors (Lipinski definition) is 0. The van der Waals surface area contributed by atoms with Crippen molar-refractivity contribution in [1.82, 2.24) is 4.98 Å². The molecule has 1 aromatic heterocycles. The summed E-state index contributed by atoms with van der Waals surface area (Å²) in [6.45, 7) is 3.26. The molecule has 4 heteroatoms. The van der Waals surface area contributed by atoms with Crippen LogP contribution in [0.5, 0.6) is 5.88 Å². The zero-order valence-electron chi connectivity index (χ0n) is 7.08. The molecule has 0 radical (unpaired) electrons. The first-order valence-corrected chi connectivity index (χ1v) is 3.55. The Hall–Kier alpha value is -1.71. The van der Waals surface area contributed by atoms with E-state index in [0.717, 1.165) is 12.3 Å². The Morgan fingerprint density at radius 1 is 1.77 bits per heavy atom. The van der Waals surface area contributed by atoms with E-state index in [4.69, 9.17) is 4.74 Å². The van der Waals surface area contributed by atoms with Gasteiger partial charge in [0.25, 0.3) is 0 Å². The summed E-state index contributed by atoms with van der Waals surface area (Å²) in [5.74, 6) is -0.962. The van der Waals surface area contributed by atoms with Gasteiger partial charge in [-0.05, 0) is 6.08 Å². The number of carbonyl (C=O) groups is 1. The minimum Gasteiger partial charge on any atom is -0.481 e. The molecule has 1 heterocycles. The van der Waals surface area contributed by atoms with E-state index in [-0.39, 0.29) is 11.4 Å². The van der Waals surface area contributed by atoms with E-state index in [1.54, 1.807) is 0 Å². The Morgan fingerprint density at radius 2 is 2.46 bits per heavy atom. The van der Waals surface area contributed by atoms with E-state index in [0.29, 0.717) is 0 Å². The molecule has 13 heavy (non-hydrogen) atoms. The number of halogens is 1. The Balaban J connectivity index is 3.18. The highest BCUT2D eigenvalue weighted by molar-refractivity contribution is 6.04. The molecule has 1 rings (SSSR count). The maximum absolute atomic E-state index is 13.0. The molecule has 0 aliphatic carbocycles. The number of pyridine rings is 1. The van der Waals surface area contributed by atoms with Crippen molar-refractivity contribution in [2.75, 3.05) is 7.11 Å². The predicted molar refractivity (Wildman–Crippen MR) is 45.3 cm³/mol. The van der Waals surface area contributed by atoms with Gasteiger partial charge in [-0.2, -0.15) is 0 Å².